The Balaban J connectivity index is 1.52. The van der Waals surface area contributed by atoms with E-state index < -0.39 is 10.0 Å². The van der Waals surface area contributed by atoms with Gasteiger partial charge in [0, 0.05) is 24.4 Å². The molecule has 0 aromatic heterocycles. The molecule has 1 heterocycles. The van der Waals surface area contributed by atoms with Gasteiger partial charge in [-0.15, -0.1) is 11.8 Å². The number of thioether (sulfide) groups is 1. The van der Waals surface area contributed by atoms with Crippen LogP contribution in [0.1, 0.15) is 43.4 Å². The Morgan fingerprint density at radius 3 is 2.28 bits per heavy atom. The number of nitrogens with one attached hydrogen (secondary N) is 1. The standard InChI is InChI=1S/C22H28N2O3S2/c1-17(19-8-10-20(28-2)11-9-19)23-22(25)14-7-18-5-12-21(13-6-18)29(26,27)24-15-3-4-16-24/h5-6,8-13,17H,3-4,7,14-16H2,1-2H3,(H,23,25)/t17-/m1/s1. The van der Waals surface area contributed by atoms with Gasteiger partial charge in [-0.05, 0) is 67.8 Å². The molecule has 156 valence electrons. The Bertz CT molecular complexity index is 920. The first-order valence-electron chi connectivity index (χ1n) is 9.92. The lowest BCUT2D eigenvalue weighted by Crippen LogP contribution is -2.27. The number of hydrogen-bond acceptors (Lipinski definition) is 4. The van der Waals surface area contributed by atoms with Gasteiger partial charge in [-0.1, -0.05) is 24.3 Å². The molecule has 5 nitrogen and oxygen atoms in total. The van der Waals surface area contributed by atoms with Crippen molar-refractivity contribution in [3.63, 3.8) is 0 Å². The van der Waals surface area contributed by atoms with Gasteiger partial charge in [0.2, 0.25) is 15.9 Å². The minimum atomic E-state index is -3.39. The van der Waals surface area contributed by atoms with Crippen molar-refractivity contribution < 1.29 is 13.2 Å². The van der Waals surface area contributed by atoms with E-state index in [1.54, 1.807) is 40.3 Å². The first kappa shape index (κ1) is 21.9. The number of rotatable bonds is 8. The lowest BCUT2D eigenvalue weighted by molar-refractivity contribution is -0.121. The maximum absolute atomic E-state index is 12.6. The number of amides is 1. The second-order valence-electron chi connectivity index (χ2n) is 7.32. The summed E-state index contributed by atoms with van der Waals surface area (Å²) in [5.41, 5.74) is 2.03. The number of nitrogens with zero attached hydrogens (tertiary/aromatic N) is 1. The van der Waals surface area contributed by atoms with E-state index in [-0.39, 0.29) is 11.9 Å². The third kappa shape index (κ3) is 5.62. The number of aryl methyl sites for hydroxylation is 1. The first-order valence-corrected chi connectivity index (χ1v) is 12.6. The molecule has 2 aromatic rings. The number of hydrogen-bond donors (Lipinski definition) is 1. The molecule has 1 fully saturated rings. The maximum Gasteiger partial charge on any atom is 0.243 e. The lowest BCUT2D eigenvalue weighted by atomic mass is 10.1. The highest BCUT2D eigenvalue weighted by molar-refractivity contribution is 7.98. The molecule has 1 atom stereocenters. The average molecular weight is 433 g/mol. The van der Waals surface area contributed by atoms with Gasteiger partial charge in [0.25, 0.3) is 0 Å². The third-order valence-corrected chi connectivity index (χ3v) is 7.92. The zero-order chi connectivity index (χ0) is 20.9. The lowest BCUT2D eigenvalue weighted by Gasteiger charge is -2.16. The molecule has 0 unspecified atom stereocenters. The van der Waals surface area contributed by atoms with Crippen LogP contribution >= 0.6 is 11.8 Å². The quantitative estimate of drug-likeness (QED) is 0.640. The third-order valence-electron chi connectivity index (χ3n) is 5.26. The summed E-state index contributed by atoms with van der Waals surface area (Å²) in [5.74, 6) is -0.0137. The average Bonchev–Trinajstić information content (AvgIpc) is 3.28. The fourth-order valence-electron chi connectivity index (χ4n) is 3.45. The Morgan fingerprint density at radius 2 is 1.69 bits per heavy atom. The summed E-state index contributed by atoms with van der Waals surface area (Å²) in [5, 5.41) is 3.03. The molecule has 7 heteroatoms. The largest absolute Gasteiger partial charge is 0.350 e. The van der Waals surface area contributed by atoms with E-state index in [0.717, 1.165) is 24.0 Å². The Kier molecular flexibility index (Phi) is 7.38. The fraction of sp³-hybridized carbons (Fsp3) is 0.409. The predicted octanol–water partition coefficient (Wildman–Crippen LogP) is 4.00. The summed E-state index contributed by atoms with van der Waals surface area (Å²) in [6.45, 7) is 3.18. The van der Waals surface area contributed by atoms with Crippen LogP contribution in [0.5, 0.6) is 0 Å². The highest BCUT2D eigenvalue weighted by Crippen LogP contribution is 2.22. The van der Waals surface area contributed by atoms with Crippen molar-refractivity contribution in [2.45, 2.75) is 48.4 Å². The van der Waals surface area contributed by atoms with Gasteiger partial charge in [-0.2, -0.15) is 4.31 Å². The van der Waals surface area contributed by atoms with Gasteiger partial charge in [-0.3, -0.25) is 4.79 Å². The van der Waals surface area contributed by atoms with Crippen LogP contribution in [0.4, 0.5) is 0 Å². The fourth-order valence-corrected chi connectivity index (χ4v) is 5.38. The summed E-state index contributed by atoms with van der Waals surface area (Å²) in [6, 6.07) is 15.1. The molecule has 1 saturated heterocycles. The maximum atomic E-state index is 12.6. The molecule has 0 aliphatic carbocycles. The van der Waals surface area contributed by atoms with Crippen molar-refractivity contribution in [2.24, 2.45) is 0 Å². The summed E-state index contributed by atoms with van der Waals surface area (Å²) in [6.07, 6.45) is 4.83. The predicted molar refractivity (Wildman–Crippen MR) is 118 cm³/mol. The number of benzene rings is 2. The summed E-state index contributed by atoms with van der Waals surface area (Å²) in [7, 11) is -3.39. The molecule has 1 N–H and O–H groups in total. The molecular weight excluding hydrogens is 404 g/mol. The number of carbonyl (C=O) groups excluding carboxylic acids is 1. The highest BCUT2D eigenvalue weighted by Gasteiger charge is 2.26. The molecule has 1 aliphatic rings. The molecule has 1 amide bonds. The van der Waals surface area contributed by atoms with Crippen molar-refractivity contribution in [2.75, 3.05) is 19.3 Å². The van der Waals surface area contributed by atoms with Crippen LogP contribution in [0, 0.1) is 0 Å². The summed E-state index contributed by atoms with van der Waals surface area (Å²) in [4.78, 5) is 13.8. The van der Waals surface area contributed by atoms with Crippen molar-refractivity contribution >= 4 is 27.7 Å². The zero-order valence-electron chi connectivity index (χ0n) is 16.9. The van der Waals surface area contributed by atoms with E-state index in [9.17, 15) is 13.2 Å². The second kappa shape index (κ2) is 9.78. The second-order valence-corrected chi connectivity index (χ2v) is 10.1. The van der Waals surface area contributed by atoms with Crippen LogP contribution < -0.4 is 5.32 Å². The molecule has 0 saturated carbocycles. The topological polar surface area (TPSA) is 66.5 Å². The molecule has 29 heavy (non-hydrogen) atoms. The van der Waals surface area contributed by atoms with Crippen molar-refractivity contribution in [1.29, 1.82) is 0 Å². The van der Waals surface area contributed by atoms with E-state index >= 15 is 0 Å². The molecule has 0 bridgehead atoms. The normalized spacial score (nSPS) is 15.9. The van der Waals surface area contributed by atoms with E-state index in [1.807, 2.05) is 25.3 Å². The van der Waals surface area contributed by atoms with Gasteiger partial charge >= 0.3 is 0 Å². The van der Waals surface area contributed by atoms with Crippen LogP contribution in [0.3, 0.4) is 0 Å². The molecule has 1 aliphatic heterocycles. The van der Waals surface area contributed by atoms with Gasteiger partial charge < -0.3 is 5.32 Å². The molecule has 0 radical (unpaired) electrons. The van der Waals surface area contributed by atoms with Crippen LogP contribution in [0.15, 0.2) is 58.3 Å². The van der Waals surface area contributed by atoms with Crippen LogP contribution in [-0.2, 0) is 21.2 Å². The van der Waals surface area contributed by atoms with Crippen molar-refractivity contribution in [1.82, 2.24) is 9.62 Å². The van der Waals surface area contributed by atoms with Crippen molar-refractivity contribution in [3.05, 3.63) is 59.7 Å². The van der Waals surface area contributed by atoms with E-state index in [0.29, 0.717) is 30.8 Å². The van der Waals surface area contributed by atoms with Gasteiger partial charge in [0.15, 0.2) is 0 Å². The minimum absolute atomic E-state index is 0.0137. The zero-order valence-corrected chi connectivity index (χ0v) is 18.6. The molecule has 3 rings (SSSR count). The Morgan fingerprint density at radius 1 is 1.07 bits per heavy atom. The summed E-state index contributed by atoms with van der Waals surface area (Å²) >= 11 is 1.69. The van der Waals surface area contributed by atoms with Crippen LogP contribution in [0.2, 0.25) is 0 Å². The molecule has 0 spiro atoms. The minimum Gasteiger partial charge on any atom is -0.350 e. The SMILES string of the molecule is CSc1ccc([C@@H](C)NC(=O)CCc2ccc(S(=O)(=O)N3CCCC3)cc2)cc1. The van der Waals surface area contributed by atoms with Gasteiger partial charge in [0.1, 0.15) is 0 Å². The van der Waals surface area contributed by atoms with E-state index in [4.69, 9.17) is 0 Å². The highest BCUT2D eigenvalue weighted by atomic mass is 32.2. The molecule has 2 aromatic carbocycles. The number of carbonyl (C=O) groups is 1. The molecular formula is C22H28N2O3S2. The Hall–Kier alpha value is -1.83. The number of sulfonamides is 1. The van der Waals surface area contributed by atoms with Gasteiger partial charge in [-0.25, -0.2) is 8.42 Å². The van der Waals surface area contributed by atoms with Crippen LogP contribution in [-0.4, -0.2) is 38.0 Å². The monoisotopic (exact) mass is 432 g/mol. The van der Waals surface area contributed by atoms with Crippen molar-refractivity contribution in [3.8, 4) is 0 Å². The smallest absolute Gasteiger partial charge is 0.243 e. The van der Waals surface area contributed by atoms with E-state index in [2.05, 4.69) is 17.4 Å². The Labute approximate surface area is 177 Å². The first-order chi connectivity index (χ1) is 13.9. The van der Waals surface area contributed by atoms with Gasteiger partial charge in [0.05, 0.1) is 10.9 Å². The van der Waals surface area contributed by atoms with Crippen LogP contribution in [0.25, 0.3) is 0 Å². The van der Waals surface area contributed by atoms with E-state index in [1.165, 1.54) is 4.90 Å². The summed E-state index contributed by atoms with van der Waals surface area (Å²) < 4.78 is 26.7.